The van der Waals surface area contributed by atoms with Gasteiger partial charge in [0.25, 0.3) is 0 Å². The summed E-state index contributed by atoms with van der Waals surface area (Å²) in [5.74, 6) is 0.845. The molecular weight excluding hydrogens is 132 g/mol. The molecule has 0 atom stereocenters. The highest BCUT2D eigenvalue weighted by atomic mass is 32.2. The van der Waals surface area contributed by atoms with Gasteiger partial charge in [-0.15, -0.1) is 0 Å². The summed E-state index contributed by atoms with van der Waals surface area (Å²) in [4.78, 5) is 10.2. The number of rotatable bonds is 4. The Kier molecular flexibility index (Phi) is 5.73. The van der Waals surface area contributed by atoms with Crippen LogP contribution in [0.5, 0.6) is 0 Å². The van der Waals surface area contributed by atoms with Gasteiger partial charge in [-0.1, -0.05) is 13.0 Å². The summed E-state index contributed by atoms with van der Waals surface area (Å²) < 4.78 is 0. The minimum Gasteiger partial charge on any atom is -0.298 e. The van der Waals surface area contributed by atoms with Crippen molar-refractivity contribution in [3.8, 4) is 0 Å². The molecular formula is C7H12OS. The van der Waals surface area contributed by atoms with E-state index in [1.807, 2.05) is 19.3 Å². The molecule has 0 aliphatic carbocycles. The Hall–Kier alpha value is -0.240. The van der Waals surface area contributed by atoms with Crippen LogP contribution in [-0.4, -0.2) is 18.3 Å². The average molecular weight is 144 g/mol. The van der Waals surface area contributed by atoms with Crippen LogP contribution >= 0.6 is 11.8 Å². The number of aldehydes is 1. The molecule has 0 saturated heterocycles. The van der Waals surface area contributed by atoms with Gasteiger partial charge in [-0.2, -0.15) is 11.8 Å². The molecule has 0 spiro atoms. The number of hydrogen-bond acceptors (Lipinski definition) is 2. The SMILES string of the molecule is CC/C=C(/C=O)CSC. The Morgan fingerprint density at radius 1 is 1.67 bits per heavy atom. The first kappa shape index (κ1) is 8.76. The van der Waals surface area contributed by atoms with Gasteiger partial charge in [-0.05, 0) is 18.2 Å². The van der Waals surface area contributed by atoms with Gasteiger partial charge in [-0.25, -0.2) is 0 Å². The molecule has 0 radical (unpaired) electrons. The van der Waals surface area contributed by atoms with Crippen molar-refractivity contribution < 1.29 is 4.79 Å². The molecule has 0 fully saturated rings. The van der Waals surface area contributed by atoms with E-state index in [4.69, 9.17) is 0 Å². The van der Waals surface area contributed by atoms with Crippen molar-refractivity contribution in [1.82, 2.24) is 0 Å². The van der Waals surface area contributed by atoms with Gasteiger partial charge in [0.2, 0.25) is 0 Å². The van der Waals surface area contributed by atoms with Crippen LogP contribution in [0.25, 0.3) is 0 Å². The van der Waals surface area contributed by atoms with Gasteiger partial charge < -0.3 is 0 Å². The smallest absolute Gasteiger partial charge is 0.146 e. The average Bonchev–Trinajstić information content (AvgIpc) is 1.88. The summed E-state index contributed by atoms with van der Waals surface area (Å²) in [5, 5.41) is 0. The lowest BCUT2D eigenvalue weighted by atomic mass is 10.3. The van der Waals surface area contributed by atoms with Crippen LogP contribution in [0.3, 0.4) is 0 Å². The fraction of sp³-hybridized carbons (Fsp3) is 0.571. The summed E-state index contributed by atoms with van der Waals surface area (Å²) in [5.41, 5.74) is 0.907. The van der Waals surface area contributed by atoms with E-state index in [9.17, 15) is 4.79 Å². The molecule has 2 heteroatoms. The molecule has 0 rings (SSSR count). The summed E-state index contributed by atoms with van der Waals surface area (Å²) in [6.45, 7) is 2.03. The lowest BCUT2D eigenvalue weighted by Gasteiger charge is -1.92. The zero-order chi connectivity index (χ0) is 7.11. The summed E-state index contributed by atoms with van der Waals surface area (Å²) in [6.07, 6.45) is 5.84. The minimum atomic E-state index is 0.845. The predicted molar refractivity (Wildman–Crippen MR) is 42.8 cm³/mol. The van der Waals surface area contributed by atoms with Gasteiger partial charge in [0.1, 0.15) is 6.29 Å². The molecule has 52 valence electrons. The van der Waals surface area contributed by atoms with Crippen LogP contribution in [0, 0.1) is 0 Å². The third-order valence-corrected chi connectivity index (χ3v) is 1.55. The van der Waals surface area contributed by atoms with Crippen molar-refractivity contribution in [2.24, 2.45) is 0 Å². The van der Waals surface area contributed by atoms with E-state index in [0.29, 0.717) is 0 Å². The molecule has 9 heavy (non-hydrogen) atoms. The van der Waals surface area contributed by atoms with Gasteiger partial charge >= 0.3 is 0 Å². The van der Waals surface area contributed by atoms with Crippen LogP contribution in [0.15, 0.2) is 11.6 Å². The lowest BCUT2D eigenvalue weighted by Crippen LogP contribution is -1.86. The second-order valence-corrected chi connectivity index (χ2v) is 2.60. The Balaban J connectivity index is 3.66. The molecule has 0 unspecified atom stereocenters. The van der Waals surface area contributed by atoms with Crippen molar-refractivity contribution in [3.63, 3.8) is 0 Å². The highest BCUT2D eigenvalue weighted by molar-refractivity contribution is 7.98. The van der Waals surface area contributed by atoms with E-state index < -0.39 is 0 Å². The molecule has 0 N–H and O–H groups in total. The summed E-state index contributed by atoms with van der Waals surface area (Å²) in [6, 6.07) is 0. The third kappa shape index (κ3) is 4.28. The molecule has 0 aromatic rings. The topological polar surface area (TPSA) is 17.1 Å². The highest BCUT2D eigenvalue weighted by Crippen LogP contribution is 2.01. The predicted octanol–water partition coefficient (Wildman–Crippen LogP) is 1.88. The monoisotopic (exact) mass is 144 g/mol. The van der Waals surface area contributed by atoms with Crippen LogP contribution in [-0.2, 0) is 4.79 Å². The third-order valence-electron chi connectivity index (χ3n) is 0.929. The fourth-order valence-corrected chi connectivity index (χ4v) is 1.09. The first-order chi connectivity index (χ1) is 4.35. The maximum atomic E-state index is 10.2. The number of thioether (sulfide) groups is 1. The maximum absolute atomic E-state index is 10.2. The van der Waals surface area contributed by atoms with Crippen molar-refractivity contribution in [2.45, 2.75) is 13.3 Å². The van der Waals surface area contributed by atoms with E-state index in [1.54, 1.807) is 11.8 Å². The fourth-order valence-electron chi connectivity index (χ4n) is 0.570. The summed E-state index contributed by atoms with van der Waals surface area (Å²) in [7, 11) is 0. The van der Waals surface area contributed by atoms with Crippen molar-refractivity contribution in [1.29, 1.82) is 0 Å². The van der Waals surface area contributed by atoms with Crippen LogP contribution < -0.4 is 0 Å². The molecule has 0 aliphatic heterocycles. The van der Waals surface area contributed by atoms with E-state index in [-0.39, 0.29) is 0 Å². The van der Waals surface area contributed by atoms with Gasteiger partial charge in [0, 0.05) is 5.75 Å². The zero-order valence-corrected chi connectivity index (χ0v) is 6.70. The molecule has 1 nitrogen and oxygen atoms in total. The normalized spacial score (nSPS) is 11.6. The molecule has 0 amide bonds. The van der Waals surface area contributed by atoms with E-state index in [1.165, 1.54) is 0 Å². The van der Waals surface area contributed by atoms with Gasteiger partial charge in [-0.3, -0.25) is 4.79 Å². The number of allylic oxidation sites excluding steroid dienone is 1. The Morgan fingerprint density at radius 2 is 2.33 bits per heavy atom. The van der Waals surface area contributed by atoms with E-state index >= 15 is 0 Å². The van der Waals surface area contributed by atoms with E-state index in [2.05, 4.69) is 0 Å². The molecule has 0 aromatic heterocycles. The van der Waals surface area contributed by atoms with Crippen LogP contribution in [0.4, 0.5) is 0 Å². The van der Waals surface area contributed by atoms with Crippen molar-refractivity contribution in [3.05, 3.63) is 11.6 Å². The maximum Gasteiger partial charge on any atom is 0.146 e. The van der Waals surface area contributed by atoms with Crippen LogP contribution in [0.2, 0.25) is 0 Å². The van der Waals surface area contributed by atoms with E-state index in [0.717, 1.165) is 24.0 Å². The molecule has 0 heterocycles. The van der Waals surface area contributed by atoms with Crippen LogP contribution in [0.1, 0.15) is 13.3 Å². The first-order valence-electron chi connectivity index (χ1n) is 2.98. The van der Waals surface area contributed by atoms with Gasteiger partial charge in [0.05, 0.1) is 0 Å². The molecule has 0 saturated carbocycles. The molecule has 0 aromatic carbocycles. The van der Waals surface area contributed by atoms with Gasteiger partial charge in [0.15, 0.2) is 0 Å². The number of hydrogen-bond donors (Lipinski definition) is 0. The Bertz CT molecular complexity index is 107. The highest BCUT2D eigenvalue weighted by Gasteiger charge is 1.89. The lowest BCUT2D eigenvalue weighted by molar-refractivity contribution is -0.104. The largest absolute Gasteiger partial charge is 0.298 e. The number of carbonyl (C=O) groups excluding carboxylic acids is 1. The number of carbonyl (C=O) groups is 1. The Morgan fingerprint density at radius 3 is 2.67 bits per heavy atom. The standard InChI is InChI=1S/C7H12OS/c1-3-4-7(5-8)6-9-2/h4-5H,3,6H2,1-2H3/b7-4-. The summed E-state index contributed by atoms with van der Waals surface area (Å²) >= 11 is 1.67. The second kappa shape index (κ2) is 5.89. The van der Waals surface area contributed by atoms with Crippen molar-refractivity contribution >= 4 is 18.0 Å². The Labute approximate surface area is 60.5 Å². The zero-order valence-electron chi connectivity index (χ0n) is 5.89. The molecule has 0 bridgehead atoms. The van der Waals surface area contributed by atoms with Crippen molar-refractivity contribution in [2.75, 3.05) is 12.0 Å². The quantitative estimate of drug-likeness (QED) is 0.442. The minimum absolute atomic E-state index is 0.845. The first-order valence-corrected chi connectivity index (χ1v) is 4.37. The molecule has 0 aliphatic rings. The second-order valence-electron chi connectivity index (χ2n) is 1.74.